The molecule has 0 saturated carbocycles. The van der Waals surface area contributed by atoms with Gasteiger partial charge in [-0.1, -0.05) is 30.3 Å². The van der Waals surface area contributed by atoms with Gasteiger partial charge in [0, 0.05) is 25.3 Å². The highest BCUT2D eigenvalue weighted by atomic mass is 19.3. The molecule has 1 aromatic rings. The Bertz CT molecular complexity index is 520. The lowest BCUT2D eigenvalue weighted by Gasteiger charge is -2.47. The second-order valence-corrected chi connectivity index (χ2v) is 5.66. The molecule has 1 amide bonds. The van der Waals surface area contributed by atoms with Crippen LogP contribution in [0.5, 0.6) is 0 Å². The van der Waals surface area contributed by atoms with E-state index in [-0.39, 0.29) is 38.1 Å². The Hall–Kier alpha value is -1.49. The predicted molar refractivity (Wildman–Crippen MR) is 69.1 cm³/mol. The molecule has 2 fully saturated rings. The van der Waals surface area contributed by atoms with Crippen molar-refractivity contribution in [3.05, 3.63) is 35.9 Å². The van der Waals surface area contributed by atoms with Crippen LogP contribution in [-0.2, 0) is 11.2 Å². The number of carbonyl (C=O) groups excluding carboxylic acids is 1. The van der Waals surface area contributed by atoms with E-state index in [1.165, 1.54) is 0 Å². The highest BCUT2D eigenvalue weighted by molar-refractivity contribution is 5.79. The maximum absolute atomic E-state index is 14.6. The smallest absolute Gasteiger partial charge is 0.297 e. The van der Waals surface area contributed by atoms with Crippen molar-refractivity contribution < 1.29 is 18.7 Å². The van der Waals surface area contributed by atoms with Crippen molar-refractivity contribution in [3.8, 4) is 0 Å². The minimum absolute atomic E-state index is 0.00411. The van der Waals surface area contributed by atoms with Gasteiger partial charge in [0.2, 0.25) is 11.6 Å². The molecule has 1 N–H and O–H groups in total. The van der Waals surface area contributed by atoms with Crippen molar-refractivity contribution in [2.24, 2.45) is 5.92 Å². The van der Waals surface area contributed by atoms with Gasteiger partial charge in [0.05, 0.1) is 0 Å². The molecule has 20 heavy (non-hydrogen) atoms. The van der Waals surface area contributed by atoms with Crippen molar-refractivity contribution in [1.82, 2.24) is 4.90 Å². The first-order chi connectivity index (χ1) is 9.45. The molecular weight excluding hydrogens is 264 g/mol. The van der Waals surface area contributed by atoms with Crippen LogP contribution in [0.1, 0.15) is 24.8 Å². The van der Waals surface area contributed by atoms with Gasteiger partial charge in [-0.15, -0.1) is 0 Å². The zero-order chi connectivity index (χ0) is 14.4. The molecule has 3 nitrogen and oxygen atoms in total. The van der Waals surface area contributed by atoms with Crippen molar-refractivity contribution in [2.75, 3.05) is 6.54 Å². The number of benzene rings is 1. The summed E-state index contributed by atoms with van der Waals surface area (Å²) >= 11 is 0. The van der Waals surface area contributed by atoms with E-state index in [9.17, 15) is 18.7 Å². The molecule has 0 bridgehead atoms. The van der Waals surface area contributed by atoms with Crippen LogP contribution in [0.2, 0.25) is 0 Å². The minimum atomic E-state index is -3.27. The number of nitrogens with zero attached hydrogens (tertiary/aromatic N) is 1. The minimum Gasteiger partial charge on any atom is -0.366 e. The molecular formula is C15H17F2NO2. The Balaban J connectivity index is 1.86. The van der Waals surface area contributed by atoms with Crippen LogP contribution < -0.4 is 0 Å². The van der Waals surface area contributed by atoms with Gasteiger partial charge in [0.25, 0.3) is 5.92 Å². The first-order valence-electron chi connectivity index (χ1n) is 6.90. The quantitative estimate of drug-likeness (QED) is 0.902. The molecule has 2 aliphatic rings. The Morgan fingerprint density at radius 3 is 2.70 bits per heavy atom. The van der Waals surface area contributed by atoms with Crippen LogP contribution in [0.25, 0.3) is 0 Å². The standard InChI is InChI=1S/C15H17F2NO2/c16-15(17)12(10-11-4-2-1-3-5-11)7-9-18-13(19)6-8-14(15,18)20/h1-5,12,20H,6-10H2/t12-,14-/m0/s1. The third-order valence-electron chi connectivity index (χ3n) is 4.51. The number of piperidine rings is 1. The Morgan fingerprint density at radius 1 is 1.30 bits per heavy atom. The number of carbonyl (C=O) groups is 1. The number of halogens is 2. The molecule has 2 aliphatic heterocycles. The van der Waals surface area contributed by atoms with Crippen LogP contribution in [0.3, 0.4) is 0 Å². The summed E-state index contributed by atoms with van der Waals surface area (Å²) in [7, 11) is 0. The number of fused-ring (bicyclic) bond motifs is 1. The Morgan fingerprint density at radius 2 is 2.00 bits per heavy atom. The number of amides is 1. The maximum atomic E-state index is 14.6. The van der Waals surface area contributed by atoms with E-state index >= 15 is 0 Å². The van der Waals surface area contributed by atoms with Gasteiger partial charge in [0.15, 0.2) is 0 Å². The molecule has 2 heterocycles. The van der Waals surface area contributed by atoms with Crippen molar-refractivity contribution in [3.63, 3.8) is 0 Å². The predicted octanol–water partition coefficient (Wildman–Crippen LogP) is 2.20. The van der Waals surface area contributed by atoms with Crippen molar-refractivity contribution in [2.45, 2.75) is 37.3 Å². The second kappa shape index (κ2) is 4.52. The molecule has 0 radical (unpaired) electrons. The monoisotopic (exact) mass is 281 g/mol. The fraction of sp³-hybridized carbons (Fsp3) is 0.533. The summed E-state index contributed by atoms with van der Waals surface area (Å²) < 4.78 is 29.2. The van der Waals surface area contributed by atoms with E-state index < -0.39 is 17.6 Å². The van der Waals surface area contributed by atoms with Gasteiger partial charge < -0.3 is 10.0 Å². The van der Waals surface area contributed by atoms with Gasteiger partial charge in [-0.3, -0.25) is 4.79 Å². The fourth-order valence-corrected chi connectivity index (χ4v) is 3.34. The molecule has 1 aromatic carbocycles. The van der Waals surface area contributed by atoms with E-state index in [1.54, 1.807) is 0 Å². The largest absolute Gasteiger partial charge is 0.366 e. The molecule has 2 atom stereocenters. The van der Waals surface area contributed by atoms with Gasteiger partial charge >= 0.3 is 0 Å². The lowest BCUT2D eigenvalue weighted by Crippen LogP contribution is -2.65. The lowest BCUT2D eigenvalue weighted by molar-refractivity contribution is -0.281. The average molecular weight is 281 g/mol. The summed E-state index contributed by atoms with van der Waals surface area (Å²) in [5.41, 5.74) is -1.46. The molecule has 3 rings (SSSR count). The highest BCUT2D eigenvalue weighted by Gasteiger charge is 2.66. The summed E-state index contributed by atoms with van der Waals surface area (Å²) in [6, 6.07) is 9.10. The van der Waals surface area contributed by atoms with Gasteiger partial charge in [-0.25, -0.2) is 8.78 Å². The third kappa shape index (κ3) is 1.84. The summed E-state index contributed by atoms with van der Waals surface area (Å²) in [6.07, 6.45) is 0.266. The van der Waals surface area contributed by atoms with Crippen LogP contribution in [-0.4, -0.2) is 34.1 Å². The van der Waals surface area contributed by atoms with Crippen LogP contribution >= 0.6 is 0 Å². The molecule has 2 saturated heterocycles. The summed E-state index contributed by atoms with van der Waals surface area (Å²) in [6.45, 7) is 0.211. The van der Waals surface area contributed by atoms with E-state index in [0.29, 0.717) is 0 Å². The van der Waals surface area contributed by atoms with Crippen LogP contribution in [0.15, 0.2) is 30.3 Å². The van der Waals surface area contributed by atoms with Gasteiger partial charge in [-0.2, -0.15) is 0 Å². The van der Waals surface area contributed by atoms with E-state index in [0.717, 1.165) is 10.5 Å². The normalized spacial score (nSPS) is 32.2. The van der Waals surface area contributed by atoms with Crippen molar-refractivity contribution in [1.29, 1.82) is 0 Å². The third-order valence-corrected chi connectivity index (χ3v) is 4.51. The van der Waals surface area contributed by atoms with E-state index in [4.69, 9.17) is 0 Å². The SMILES string of the molecule is O=C1CC[C@@]2(O)N1CC[C@@H](Cc1ccccc1)C2(F)F. The highest BCUT2D eigenvalue weighted by Crippen LogP contribution is 2.50. The Kier molecular flexibility index (Phi) is 3.05. The number of hydrogen-bond donors (Lipinski definition) is 1. The summed E-state index contributed by atoms with van der Waals surface area (Å²) in [4.78, 5) is 12.6. The summed E-state index contributed by atoms with van der Waals surface area (Å²) in [5.74, 6) is -4.57. The maximum Gasteiger partial charge on any atom is 0.297 e. The number of rotatable bonds is 2. The van der Waals surface area contributed by atoms with Crippen molar-refractivity contribution >= 4 is 5.91 Å². The molecule has 0 spiro atoms. The number of aliphatic hydroxyl groups is 1. The molecule has 0 unspecified atom stereocenters. The first-order valence-corrected chi connectivity index (χ1v) is 6.90. The first kappa shape index (κ1) is 13.5. The molecule has 108 valence electrons. The van der Waals surface area contributed by atoms with E-state index in [2.05, 4.69) is 0 Å². The second-order valence-electron chi connectivity index (χ2n) is 5.66. The zero-order valence-electron chi connectivity index (χ0n) is 11.1. The molecule has 0 aliphatic carbocycles. The topological polar surface area (TPSA) is 40.5 Å². The summed E-state index contributed by atoms with van der Waals surface area (Å²) in [5, 5.41) is 10.3. The number of alkyl halides is 2. The van der Waals surface area contributed by atoms with E-state index in [1.807, 2.05) is 30.3 Å². The molecule has 5 heteroatoms. The fourth-order valence-electron chi connectivity index (χ4n) is 3.34. The van der Waals surface area contributed by atoms with Crippen LogP contribution in [0, 0.1) is 5.92 Å². The lowest BCUT2D eigenvalue weighted by atomic mass is 9.80. The number of hydrogen-bond acceptors (Lipinski definition) is 2. The van der Waals surface area contributed by atoms with Gasteiger partial charge in [-0.05, 0) is 18.4 Å². The Labute approximate surface area is 116 Å². The van der Waals surface area contributed by atoms with Gasteiger partial charge in [0.1, 0.15) is 0 Å². The zero-order valence-corrected chi connectivity index (χ0v) is 11.1. The average Bonchev–Trinajstić information content (AvgIpc) is 2.73. The van der Waals surface area contributed by atoms with Crippen LogP contribution in [0.4, 0.5) is 8.78 Å². The molecule has 0 aromatic heterocycles.